The lowest BCUT2D eigenvalue weighted by Crippen LogP contribution is -2.09. The van der Waals surface area contributed by atoms with Gasteiger partial charge in [0.1, 0.15) is 17.5 Å². The number of aromatic nitrogens is 2. The van der Waals surface area contributed by atoms with Crippen LogP contribution in [0.2, 0.25) is 0 Å². The zero-order valence-electron chi connectivity index (χ0n) is 12.5. The molecule has 4 rings (SSSR count). The molecule has 0 N–H and O–H groups in total. The topological polar surface area (TPSA) is 17.8 Å². The third-order valence-corrected chi connectivity index (χ3v) is 4.36. The largest absolute Gasteiger partial charge is 0.296 e. The Labute approximate surface area is 133 Å². The first-order chi connectivity index (χ1) is 11.2. The Morgan fingerprint density at radius 2 is 1.74 bits per heavy atom. The predicted molar refractivity (Wildman–Crippen MR) is 86.7 cm³/mol. The SMILES string of the molecule is Fc1ccc(-n2c(C3CC=CCC3)nc3ccc(F)cc32)cc1. The number of benzene rings is 2. The molecule has 0 fully saturated rings. The second kappa shape index (κ2) is 5.61. The van der Waals surface area contributed by atoms with Gasteiger partial charge in [0.25, 0.3) is 0 Å². The Morgan fingerprint density at radius 1 is 0.957 bits per heavy atom. The fourth-order valence-corrected chi connectivity index (χ4v) is 3.23. The van der Waals surface area contributed by atoms with Gasteiger partial charge >= 0.3 is 0 Å². The molecule has 0 aliphatic heterocycles. The van der Waals surface area contributed by atoms with E-state index in [9.17, 15) is 8.78 Å². The Balaban J connectivity index is 1.95. The van der Waals surface area contributed by atoms with Crippen molar-refractivity contribution >= 4 is 11.0 Å². The summed E-state index contributed by atoms with van der Waals surface area (Å²) in [6.07, 6.45) is 7.31. The summed E-state index contributed by atoms with van der Waals surface area (Å²) in [5.41, 5.74) is 2.30. The van der Waals surface area contributed by atoms with Crippen LogP contribution in [0.1, 0.15) is 31.0 Å². The van der Waals surface area contributed by atoms with E-state index in [1.54, 1.807) is 18.2 Å². The lowest BCUT2D eigenvalue weighted by Gasteiger charge is -2.19. The molecule has 0 amide bonds. The second-order valence-electron chi connectivity index (χ2n) is 5.90. The number of rotatable bonds is 2. The molecule has 4 heteroatoms. The normalized spacial score (nSPS) is 17.7. The lowest BCUT2D eigenvalue weighted by atomic mass is 9.93. The van der Waals surface area contributed by atoms with E-state index in [-0.39, 0.29) is 11.6 Å². The quantitative estimate of drug-likeness (QED) is 0.600. The summed E-state index contributed by atoms with van der Waals surface area (Å²) < 4.78 is 29.0. The van der Waals surface area contributed by atoms with Crippen LogP contribution >= 0.6 is 0 Å². The molecule has 116 valence electrons. The number of allylic oxidation sites excluding steroid dienone is 2. The molecule has 1 aliphatic carbocycles. The molecule has 23 heavy (non-hydrogen) atoms. The fraction of sp³-hybridized carbons (Fsp3) is 0.211. The van der Waals surface area contributed by atoms with Crippen molar-refractivity contribution in [1.82, 2.24) is 9.55 Å². The first-order valence-electron chi connectivity index (χ1n) is 7.81. The summed E-state index contributed by atoms with van der Waals surface area (Å²) in [6, 6.07) is 10.9. The number of nitrogens with zero attached hydrogens (tertiary/aromatic N) is 2. The Kier molecular flexibility index (Phi) is 3.45. The van der Waals surface area contributed by atoms with Gasteiger partial charge < -0.3 is 0 Å². The highest BCUT2D eigenvalue weighted by molar-refractivity contribution is 5.78. The minimum absolute atomic E-state index is 0.286. The van der Waals surface area contributed by atoms with E-state index in [1.165, 1.54) is 24.3 Å². The average Bonchev–Trinajstić information content (AvgIpc) is 2.95. The van der Waals surface area contributed by atoms with Gasteiger partial charge in [0.05, 0.1) is 11.0 Å². The number of halogens is 2. The van der Waals surface area contributed by atoms with Crippen LogP contribution in [-0.2, 0) is 0 Å². The van der Waals surface area contributed by atoms with Gasteiger partial charge in [-0.25, -0.2) is 13.8 Å². The van der Waals surface area contributed by atoms with Crippen molar-refractivity contribution in [3.63, 3.8) is 0 Å². The maximum absolute atomic E-state index is 13.7. The summed E-state index contributed by atoms with van der Waals surface area (Å²) in [7, 11) is 0. The van der Waals surface area contributed by atoms with Crippen molar-refractivity contribution in [2.45, 2.75) is 25.2 Å². The smallest absolute Gasteiger partial charge is 0.125 e. The minimum Gasteiger partial charge on any atom is -0.296 e. The third kappa shape index (κ3) is 2.54. The number of imidazole rings is 1. The summed E-state index contributed by atoms with van der Waals surface area (Å²) in [6.45, 7) is 0. The van der Waals surface area contributed by atoms with Crippen molar-refractivity contribution in [2.75, 3.05) is 0 Å². The van der Waals surface area contributed by atoms with E-state index in [1.807, 2.05) is 4.57 Å². The van der Waals surface area contributed by atoms with E-state index in [2.05, 4.69) is 12.2 Å². The number of hydrogen-bond donors (Lipinski definition) is 0. The standard InChI is InChI=1S/C19H16F2N2/c20-14-6-9-16(10-7-14)23-18-12-15(21)8-11-17(18)22-19(23)13-4-2-1-3-5-13/h1-2,6-13H,3-5H2. The van der Waals surface area contributed by atoms with Crippen LogP contribution in [0.25, 0.3) is 16.7 Å². The molecule has 0 bridgehead atoms. The summed E-state index contributed by atoms with van der Waals surface area (Å²) in [5.74, 6) is 0.629. The summed E-state index contributed by atoms with van der Waals surface area (Å²) in [5, 5.41) is 0. The van der Waals surface area contributed by atoms with Gasteiger partial charge in [-0.05, 0) is 55.7 Å². The maximum atomic E-state index is 13.7. The molecule has 0 spiro atoms. The van der Waals surface area contributed by atoms with Gasteiger partial charge in [0.15, 0.2) is 0 Å². The van der Waals surface area contributed by atoms with Crippen LogP contribution < -0.4 is 0 Å². The predicted octanol–water partition coefficient (Wildman–Crippen LogP) is 5.13. The Bertz CT molecular complexity index is 878. The van der Waals surface area contributed by atoms with Crippen molar-refractivity contribution in [3.05, 3.63) is 72.1 Å². The maximum Gasteiger partial charge on any atom is 0.125 e. The molecule has 1 unspecified atom stereocenters. The van der Waals surface area contributed by atoms with Gasteiger partial charge in [0.2, 0.25) is 0 Å². The minimum atomic E-state index is -0.296. The van der Waals surface area contributed by atoms with Crippen LogP contribution in [-0.4, -0.2) is 9.55 Å². The van der Waals surface area contributed by atoms with Gasteiger partial charge in [-0.1, -0.05) is 12.2 Å². The summed E-state index contributed by atoms with van der Waals surface area (Å²) in [4.78, 5) is 4.74. The molecular formula is C19H16F2N2. The molecule has 1 atom stereocenters. The monoisotopic (exact) mass is 310 g/mol. The molecular weight excluding hydrogens is 294 g/mol. The van der Waals surface area contributed by atoms with E-state index in [4.69, 9.17) is 4.98 Å². The van der Waals surface area contributed by atoms with Gasteiger partial charge in [-0.15, -0.1) is 0 Å². The highest BCUT2D eigenvalue weighted by atomic mass is 19.1. The first-order valence-corrected chi connectivity index (χ1v) is 7.81. The van der Waals surface area contributed by atoms with Crippen molar-refractivity contribution < 1.29 is 8.78 Å². The average molecular weight is 310 g/mol. The van der Waals surface area contributed by atoms with Gasteiger partial charge in [0, 0.05) is 17.7 Å². The van der Waals surface area contributed by atoms with Crippen molar-refractivity contribution in [3.8, 4) is 5.69 Å². The highest BCUT2D eigenvalue weighted by Gasteiger charge is 2.22. The molecule has 0 radical (unpaired) electrons. The van der Waals surface area contributed by atoms with E-state index >= 15 is 0 Å². The molecule has 1 aromatic heterocycles. The van der Waals surface area contributed by atoms with E-state index in [0.29, 0.717) is 5.92 Å². The molecule has 2 aromatic carbocycles. The Hall–Kier alpha value is -2.49. The third-order valence-electron chi connectivity index (χ3n) is 4.36. The zero-order chi connectivity index (χ0) is 15.8. The van der Waals surface area contributed by atoms with E-state index < -0.39 is 0 Å². The zero-order valence-corrected chi connectivity index (χ0v) is 12.5. The summed E-state index contributed by atoms with van der Waals surface area (Å²) >= 11 is 0. The van der Waals surface area contributed by atoms with Crippen LogP contribution in [0.4, 0.5) is 8.78 Å². The molecule has 0 saturated heterocycles. The number of fused-ring (bicyclic) bond motifs is 1. The van der Waals surface area contributed by atoms with Crippen LogP contribution in [0, 0.1) is 11.6 Å². The molecule has 1 heterocycles. The van der Waals surface area contributed by atoms with Crippen LogP contribution in [0.15, 0.2) is 54.6 Å². The molecule has 3 aromatic rings. The van der Waals surface area contributed by atoms with Crippen molar-refractivity contribution in [2.24, 2.45) is 0 Å². The Morgan fingerprint density at radius 3 is 2.48 bits per heavy atom. The first kappa shape index (κ1) is 14.1. The lowest BCUT2D eigenvalue weighted by molar-refractivity contribution is 0.576. The second-order valence-corrected chi connectivity index (χ2v) is 5.90. The van der Waals surface area contributed by atoms with Crippen LogP contribution in [0.5, 0.6) is 0 Å². The van der Waals surface area contributed by atoms with Gasteiger partial charge in [-0.2, -0.15) is 0 Å². The highest BCUT2D eigenvalue weighted by Crippen LogP contribution is 2.33. The molecule has 0 saturated carbocycles. The fourth-order valence-electron chi connectivity index (χ4n) is 3.23. The number of hydrogen-bond acceptors (Lipinski definition) is 1. The molecule has 1 aliphatic rings. The van der Waals surface area contributed by atoms with Crippen molar-refractivity contribution in [1.29, 1.82) is 0 Å². The van der Waals surface area contributed by atoms with E-state index in [0.717, 1.165) is 41.8 Å². The van der Waals surface area contributed by atoms with Gasteiger partial charge in [-0.3, -0.25) is 4.57 Å². The molecule has 2 nitrogen and oxygen atoms in total. The van der Waals surface area contributed by atoms with Crippen LogP contribution in [0.3, 0.4) is 0 Å².